The number of alkyl halides is 2. The molecule has 0 aromatic heterocycles. The molecule has 0 saturated carbocycles. The van der Waals surface area contributed by atoms with Crippen LogP contribution in [0, 0.1) is 6.92 Å². The summed E-state index contributed by atoms with van der Waals surface area (Å²) in [6, 6.07) is 0. The zero-order valence-corrected chi connectivity index (χ0v) is 4.73. The molecular weight excluding hydrogens is 130 g/mol. The van der Waals surface area contributed by atoms with E-state index in [-0.39, 0.29) is 0 Å². The molecule has 0 fully saturated rings. The first-order valence-corrected chi connectivity index (χ1v) is 2.37. The molecule has 0 atom stereocenters. The first kappa shape index (κ1) is 8.33. The monoisotopic (exact) mass is 137 g/mol. The van der Waals surface area contributed by atoms with Crippen LogP contribution in [0.4, 0.5) is 8.78 Å². The largest absolute Gasteiger partial charge is 0.481 e. The topological polar surface area (TPSA) is 37.3 Å². The van der Waals surface area contributed by atoms with Crippen LogP contribution in [0.5, 0.6) is 0 Å². The zero-order valence-electron chi connectivity index (χ0n) is 4.73. The van der Waals surface area contributed by atoms with Gasteiger partial charge in [0, 0.05) is 13.3 Å². The summed E-state index contributed by atoms with van der Waals surface area (Å²) in [4.78, 5) is 9.68. The molecule has 0 aromatic rings. The normalized spacial score (nSPS) is 11.4. The molecule has 0 aliphatic heterocycles. The lowest BCUT2D eigenvalue weighted by atomic mass is 10.2. The van der Waals surface area contributed by atoms with Crippen molar-refractivity contribution in [3.8, 4) is 0 Å². The Balaban J connectivity index is 3.39. The Hall–Kier alpha value is -0.670. The molecule has 0 rings (SSSR count). The lowest BCUT2D eigenvalue weighted by Gasteiger charge is -2.05. The van der Waals surface area contributed by atoms with Crippen LogP contribution in [0.3, 0.4) is 0 Å². The second-order valence-corrected chi connectivity index (χ2v) is 1.75. The molecular formula is C5H7F2O2. The van der Waals surface area contributed by atoms with E-state index in [1.807, 2.05) is 0 Å². The molecule has 0 heterocycles. The summed E-state index contributed by atoms with van der Waals surface area (Å²) in [5.74, 6) is -4.32. The van der Waals surface area contributed by atoms with Crippen molar-refractivity contribution in [1.82, 2.24) is 0 Å². The van der Waals surface area contributed by atoms with E-state index >= 15 is 0 Å². The van der Waals surface area contributed by atoms with Crippen molar-refractivity contribution in [3.63, 3.8) is 0 Å². The quantitative estimate of drug-likeness (QED) is 0.636. The smallest absolute Gasteiger partial charge is 0.303 e. The maximum absolute atomic E-state index is 11.7. The van der Waals surface area contributed by atoms with Gasteiger partial charge in [0.15, 0.2) is 0 Å². The third-order valence-electron chi connectivity index (χ3n) is 0.705. The van der Waals surface area contributed by atoms with Gasteiger partial charge in [0.1, 0.15) is 0 Å². The Labute approximate surface area is 51.5 Å². The Kier molecular flexibility index (Phi) is 2.55. The molecule has 53 valence electrons. The average Bonchev–Trinajstić information content (AvgIpc) is 1.59. The van der Waals surface area contributed by atoms with Gasteiger partial charge in [0.2, 0.25) is 5.92 Å². The summed E-state index contributed by atoms with van der Waals surface area (Å²) in [6.07, 6.45) is -1.22. The molecule has 0 spiro atoms. The Morgan fingerprint density at radius 1 is 1.67 bits per heavy atom. The number of hydrogen-bond donors (Lipinski definition) is 1. The summed E-state index contributed by atoms with van der Waals surface area (Å²) in [5, 5.41) is 7.92. The van der Waals surface area contributed by atoms with Crippen LogP contribution in [0.2, 0.25) is 0 Å². The van der Waals surface area contributed by atoms with Crippen LogP contribution < -0.4 is 0 Å². The minimum absolute atomic E-state index is 0.531. The van der Waals surface area contributed by atoms with Crippen molar-refractivity contribution in [2.24, 2.45) is 0 Å². The molecule has 2 nitrogen and oxygen atoms in total. The summed E-state index contributed by atoms with van der Waals surface area (Å²) >= 11 is 0. The molecule has 0 amide bonds. The number of aliphatic carboxylic acids is 1. The van der Waals surface area contributed by atoms with Crippen molar-refractivity contribution in [2.45, 2.75) is 18.8 Å². The van der Waals surface area contributed by atoms with Gasteiger partial charge in [-0.25, -0.2) is 8.78 Å². The maximum Gasteiger partial charge on any atom is 0.303 e. The van der Waals surface area contributed by atoms with Crippen molar-refractivity contribution in [2.75, 3.05) is 0 Å². The minimum atomic E-state index is -3.10. The second-order valence-electron chi connectivity index (χ2n) is 1.75. The summed E-state index contributed by atoms with van der Waals surface area (Å²) in [6.45, 7) is 2.45. The lowest BCUT2D eigenvalue weighted by Crippen LogP contribution is -2.12. The average molecular weight is 137 g/mol. The maximum atomic E-state index is 11.7. The van der Waals surface area contributed by atoms with Crippen molar-refractivity contribution < 1.29 is 18.7 Å². The SMILES string of the molecule is [CH2]C(F)(F)CCC(=O)O. The highest BCUT2D eigenvalue weighted by Crippen LogP contribution is 2.17. The van der Waals surface area contributed by atoms with Crippen LogP contribution >= 0.6 is 0 Å². The Bertz CT molecular complexity index is 106. The third-order valence-corrected chi connectivity index (χ3v) is 0.705. The van der Waals surface area contributed by atoms with Gasteiger partial charge in [0.05, 0.1) is 6.42 Å². The summed E-state index contributed by atoms with van der Waals surface area (Å²) < 4.78 is 23.4. The molecule has 0 bridgehead atoms. The van der Waals surface area contributed by atoms with E-state index in [2.05, 4.69) is 6.92 Å². The van der Waals surface area contributed by atoms with Gasteiger partial charge < -0.3 is 5.11 Å². The van der Waals surface area contributed by atoms with E-state index in [9.17, 15) is 13.6 Å². The number of rotatable bonds is 3. The van der Waals surface area contributed by atoms with Crippen molar-refractivity contribution in [3.05, 3.63) is 6.92 Å². The molecule has 4 heteroatoms. The minimum Gasteiger partial charge on any atom is -0.481 e. The molecule has 0 aliphatic rings. The highest BCUT2D eigenvalue weighted by atomic mass is 19.3. The van der Waals surface area contributed by atoms with Crippen LogP contribution in [-0.2, 0) is 4.79 Å². The first-order valence-electron chi connectivity index (χ1n) is 2.37. The van der Waals surface area contributed by atoms with Gasteiger partial charge in [-0.3, -0.25) is 4.79 Å². The van der Waals surface area contributed by atoms with Gasteiger partial charge in [0.25, 0.3) is 0 Å². The van der Waals surface area contributed by atoms with Crippen LogP contribution in [0.15, 0.2) is 0 Å². The fourth-order valence-electron chi connectivity index (χ4n) is 0.290. The zero-order chi connectivity index (χ0) is 7.49. The fraction of sp³-hybridized carbons (Fsp3) is 0.600. The highest BCUT2D eigenvalue weighted by Gasteiger charge is 2.21. The van der Waals surface area contributed by atoms with E-state index < -0.39 is 24.7 Å². The third kappa shape index (κ3) is 7.33. The molecule has 0 aromatic carbocycles. The fourth-order valence-corrected chi connectivity index (χ4v) is 0.290. The highest BCUT2D eigenvalue weighted by molar-refractivity contribution is 5.66. The van der Waals surface area contributed by atoms with Crippen LogP contribution in [0.1, 0.15) is 12.8 Å². The van der Waals surface area contributed by atoms with E-state index in [4.69, 9.17) is 5.11 Å². The van der Waals surface area contributed by atoms with E-state index in [0.29, 0.717) is 0 Å². The van der Waals surface area contributed by atoms with Gasteiger partial charge >= 0.3 is 5.97 Å². The summed E-state index contributed by atoms with van der Waals surface area (Å²) in [7, 11) is 0. The lowest BCUT2D eigenvalue weighted by molar-refractivity contribution is -0.138. The van der Waals surface area contributed by atoms with Crippen molar-refractivity contribution >= 4 is 5.97 Å². The Morgan fingerprint density at radius 2 is 2.11 bits per heavy atom. The predicted molar refractivity (Wildman–Crippen MR) is 27.2 cm³/mol. The molecule has 0 aliphatic carbocycles. The number of carboxylic acid groups (broad SMARTS) is 1. The number of carbonyl (C=O) groups is 1. The second kappa shape index (κ2) is 2.75. The molecule has 0 unspecified atom stereocenters. The number of halogens is 2. The van der Waals surface area contributed by atoms with Crippen molar-refractivity contribution in [1.29, 1.82) is 0 Å². The predicted octanol–water partition coefficient (Wildman–Crippen LogP) is 1.32. The molecule has 1 N–H and O–H groups in total. The standard InChI is InChI=1S/C5H7F2O2/c1-5(6,7)3-2-4(8)9/h1-3H2,(H,8,9). The molecule has 0 saturated heterocycles. The van der Waals surface area contributed by atoms with Gasteiger partial charge in [-0.05, 0) is 0 Å². The van der Waals surface area contributed by atoms with Crippen LogP contribution in [0.25, 0.3) is 0 Å². The van der Waals surface area contributed by atoms with Gasteiger partial charge in [-0.15, -0.1) is 0 Å². The van der Waals surface area contributed by atoms with Crippen LogP contribution in [-0.4, -0.2) is 17.0 Å². The molecule has 1 radical (unpaired) electrons. The van der Waals surface area contributed by atoms with E-state index in [1.54, 1.807) is 0 Å². The van der Waals surface area contributed by atoms with E-state index in [0.717, 1.165) is 0 Å². The molecule has 9 heavy (non-hydrogen) atoms. The number of hydrogen-bond acceptors (Lipinski definition) is 1. The Morgan fingerprint density at radius 3 is 2.22 bits per heavy atom. The first-order chi connectivity index (χ1) is 3.92. The summed E-state index contributed by atoms with van der Waals surface area (Å²) in [5.41, 5.74) is 0. The van der Waals surface area contributed by atoms with Gasteiger partial charge in [-0.1, -0.05) is 0 Å². The number of carboxylic acids is 1. The van der Waals surface area contributed by atoms with E-state index in [1.165, 1.54) is 0 Å². The van der Waals surface area contributed by atoms with Gasteiger partial charge in [-0.2, -0.15) is 0 Å².